The second-order valence-corrected chi connectivity index (χ2v) is 4.33. The third kappa shape index (κ3) is 5.09. The number of hydrogen-bond donors (Lipinski definition) is 2. The number of hydrogen-bond acceptors (Lipinski definition) is 4. The highest BCUT2D eigenvalue weighted by Crippen LogP contribution is 2.07. The van der Waals surface area contributed by atoms with Crippen molar-refractivity contribution in [3.05, 3.63) is 35.9 Å². The molecule has 0 aliphatic carbocycles. The van der Waals surface area contributed by atoms with Gasteiger partial charge in [-0.2, -0.15) is 0 Å². The van der Waals surface area contributed by atoms with Crippen LogP contribution in [-0.2, 0) is 20.7 Å². The van der Waals surface area contributed by atoms with Gasteiger partial charge in [0.2, 0.25) is 0 Å². The summed E-state index contributed by atoms with van der Waals surface area (Å²) in [5.41, 5.74) is 1.10. The summed E-state index contributed by atoms with van der Waals surface area (Å²) in [7, 11) is 1.30. The summed E-state index contributed by atoms with van der Waals surface area (Å²) in [4.78, 5) is 22.4. The molecule has 0 spiro atoms. The summed E-state index contributed by atoms with van der Waals surface area (Å²) < 4.78 is 4.69. The Hall–Kier alpha value is -1.88. The summed E-state index contributed by atoms with van der Waals surface area (Å²) in [5, 5.41) is 11.6. The van der Waals surface area contributed by atoms with Gasteiger partial charge >= 0.3 is 11.9 Å². The SMILES string of the molecule is COC(=O)[C@@H](CCc1ccccc1)N[C@H](C)C(=O)O. The van der Waals surface area contributed by atoms with E-state index >= 15 is 0 Å². The van der Waals surface area contributed by atoms with Gasteiger partial charge in [0.15, 0.2) is 0 Å². The molecule has 2 N–H and O–H groups in total. The molecule has 5 nitrogen and oxygen atoms in total. The fourth-order valence-corrected chi connectivity index (χ4v) is 1.74. The van der Waals surface area contributed by atoms with Gasteiger partial charge in [-0.3, -0.25) is 14.9 Å². The van der Waals surface area contributed by atoms with Crippen LogP contribution in [0.2, 0.25) is 0 Å². The Labute approximate surface area is 112 Å². The smallest absolute Gasteiger partial charge is 0.322 e. The first kappa shape index (κ1) is 15.2. The molecule has 0 amide bonds. The third-order valence-corrected chi connectivity index (χ3v) is 2.87. The molecule has 104 valence electrons. The fraction of sp³-hybridized carbons (Fsp3) is 0.429. The minimum absolute atomic E-state index is 0.441. The third-order valence-electron chi connectivity index (χ3n) is 2.87. The van der Waals surface area contributed by atoms with Gasteiger partial charge in [0.25, 0.3) is 0 Å². The molecule has 0 heterocycles. The van der Waals surface area contributed by atoms with Gasteiger partial charge < -0.3 is 9.84 Å². The molecular weight excluding hydrogens is 246 g/mol. The highest BCUT2D eigenvalue weighted by Gasteiger charge is 2.23. The van der Waals surface area contributed by atoms with Crippen LogP contribution < -0.4 is 5.32 Å². The van der Waals surface area contributed by atoms with E-state index in [1.54, 1.807) is 0 Å². The van der Waals surface area contributed by atoms with E-state index in [0.717, 1.165) is 5.56 Å². The van der Waals surface area contributed by atoms with Gasteiger partial charge in [-0.1, -0.05) is 30.3 Å². The number of esters is 1. The second-order valence-electron chi connectivity index (χ2n) is 4.33. The summed E-state index contributed by atoms with van der Waals surface area (Å²) in [6.45, 7) is 1.50. The molecule has 0 saturated carbocycles. The number of rotatable bonds is 7. The molecule has 5 heteroatoms. The lowest BCUT2D eigenvalue weighted by molar-refractivity contribution is -0.144. The number of aliphatic carboxylic acids is 1. The molecule has 1 aromatic carbocycles. The van der Waals surface area contributed by atoms with Gasteiger partial charge in [-0.25, -0.2) is 0 Å². The predicted molar refractivity (Wildman–Crippen MR) is 70.8 cm³/mol. The maximum absolute atomic E-state index is 11.6. The van der Waals surface area contributed by atoms with Crippen LogP contribution in [0.3, 0.4) is 0 Å². The van der Waals surface area contributed by atoms with Crippen molar-refractivity contribution < 1.29 is 19.4 Å². The average molecular weight is 265 g/mol. The average Bonchev–Trinajstić information content (AvgIpc) is 2.43. The number of benzene rings is 1. The number of methoxy groups -OCH3 is 1. The van der Waals surface area contributed by atoms with Crippen LogP contribution in [0.4, 0.5) is 0 Å². The summed E-state index contributed by atoms with van der Waals surface area (Å²) >= 11 is 0. The Balaban J connectivity index is 2.60. The molecule has 0 aliphatic heterocycles. The van der Waals surface area contributed by atoms with Crippen molar-refractivity contribution in [3.63, 3.8) is 0 Å². The predicted octanol–water partition coefficient (Wildman–Crippen LogP) is 1.22. The lowest BCUT2D eigenvalue weighted by atomic mass is 10.0. The van der Waals surface area contributed by atoms with Crippen molar-refractivity contribution in [1.82, 2.24) is 5.32 Å². The number of carbonyl (C=O) groups is 2. The van der Waals surface area contributed by atoms with E-state index in [2.05, 4.69) is 10.1 Å². The molecule has 19 heavy (non-hydrogen) atoms. The summed E-state index contributed by atoms with van der Waals surface area (Å²) in [6.07, 6.45) is 1.17. The van der Waals surface area contributed by atoms with Crippen molar-refractivity contribution in [3.8, 4) is 0 Å². The van der Waals surface area contributed by atoms with E-state index in [1.807, 2.05) is 30.3 Å². The topological polar surface area (TPSA) is 75.6 Å². The van der Waals surface area contributed by atoms with E-state index in [9.17, 15) is 9.59 Å². The molecule has 0 aliphatic rings. The fourth-order valence-electron chi connectivity index (χ4n) is 1.74. The number of nitrogens with one attached hydrogen (secondary N) is 1. The Kier molecular flexibility index (Phi) is 6.02. The van der Waals surface area contributed by atoms with Crippen molar-refractivity contribution in [2.24, 2.45) is 0 Å². The summed E-state index contributed by atoms with van der Waals surface area (Å²) in [6, 6.07) is 8.30. The molecule has 2 atom stereocenters. The second kappa shape index (κ2) is 7.53. The van der Waals surface area contributed by atoms with E-state index in [0.29, 0.717) is 12.8 Å². The Morgan fingerprint density at radius 3 is 2.47 bits per heavy atom. The molecule has 0 radical (unpaired) electrons. The maximum atomic E-state index is 11.6. The van der Waals surface area contributed by atoms with Gasteiger partial charge in [0.1, 0.15) is 12.1 Å². The van der Waals surface area contributed by atoms with Crippen molar-refractivity contribution in [1.29, 1.82) is 0 Å². The van der Waals surface area contributed by atoms with Crippen LogP contribution in [0, 0.1) is 0 Å². The van der Waals surface area contributed by atoms with Crippen LogP contribution in [0.15, 0.2) is 30.3 Å². The van der Waals surface area contributed by atoms with Crippen LogP contribution in [-0.4, -0.2) is 36.2 Å². The first-order chi connectivity index (χ1) is 9.04. The standard InChI is InChI=1S/C14H19NO4/c1-10(13(16)17)15-12(14(18)19-2)9-8-11-6-4-3-5-7-11/h3-7,10,12,15H,8-9H2,1-2H3,(H,16,17)/t10-,12-/m1/s1. The number of carboxylic acid groups (broad SMARTS) is 1. The van der Waals surface area contributed by atoms with E-state index in [1.165, 1.54) is 14.0 Å². The van der Waals surface area contributed by atoms with Crippen molar-refractivity contribution in [2.45, 2.75) is 31.8 Å². The largest absolute Gasteiger partial charge is 0.480 e. The zero-order valence-corrected chi connectivity index (χ0v) is 11.1. The molecule has 0 aromatic heterocycles. The Bertz CT molecular complexity index is 419. The maximum Gasteiger partial charge on any atom is 0.322 e. The van der Waals surface area contributed by atoms with Crippen LogP contribution in [0.1, 0.15) is 18.9 Å². The first-order valence-corrected chi connectivity index (χ1v) is 6.15. The quantitative estimate of drug-likeness (QED) is 0.725. The van der Waals surface area contributed by atoms with Crippen LogP contribution in [0.5, 0.6) is 0 Å². The normalized spacial score (nSPS) is 13.6. The highest BCUT2D eigenvalue weighted by molar-refractivity contribution is 5.78. The minimum Gasteiger partial charge on any atom is -0.480 e. The first-order valence-electron chi connectivity index (χ1n) is 6.15. The number of ether oxygens (including phenoxy) is 1. The molecule has 0 saturated heterocycles. The van der Waals surface area contributed by atoms with Gasteiger partial charge in [-0.05, 0) is 25.3 Å². The van der Waals surface area contributed by atoms with Gasteiger partial charge in [0, 0.05) is 0 Å². The zero-order valence-electron chi connectivity index (χ0n) is 11.1. The summed E-state index contributed by atoms with van der Waals surface area (Å²) in [5.74, 6) is -1.43. The van der Waals surface area contributed by atoms with E-state index in [-0.39, 0.29) is 0 Å². The Morgan fingerprint density at radius 2 is 1.95 bits per heavy atom. The minimum atomic E-state index is -0.992. The molecule has 0 fully saturated rings. The molecule has 0 bridgehead atoms. The molecule has 0 unspecified atom stereocenters. The lowest BCUT2D eigenvalue weighted by Crippen LogP contribution is -2.46. The number of aryl methyl sites for hydroxylation is 1. The number of carboxylic acids is 1. The van der Waals surface area contributed by atoms with Gasteiger partial charge in [0.05, 0.1) is 7.11 Å². The van der Waals surface area contributed by atoms with Crippen LogP contribution in [0.25, 0.3) is 0 Å². The monoisotopic (exact) mass is 265 g/mol. The van der Waals surface area contributed by atoms with E-state index < -0.39 is 24.0 Å². The van der Waals surface area contributed by atoms with E-state index in [4.69, 9.17) is 5.11 Å². The van der Waals surface area contributed by atoms with Gasteiger partial charge in [-0.15, -0.1) is 0 Å². The highest BCUT2D eigenvalue weighted by atomic mass is 16.5. The molecular formula is C14H19NO4. The zero-order chi connectivity index (χ0) is 14.3. The molecule has 1 aromatic rings. The Morgan fingerprint density at radius 1 is 1.32 bits per heavy atom. The van der Waals surface area contributed by atoms with Crippen molar-refractivity contribution in [2.75, 3.05) is 7.11 Å². The van der Waals surface area contributed by atoms with Crippen LogP contribution >= 0.6 is 0 Å². The lowest BCUT2D eigenvalue weighted by Gasteiger charge is -2.19. The molecule has 1 rings (SSSR count). The van der Waals surface area contributed by atoms with Crippen molar-refractivity contribution >= 4 is 11.9 Å². The number of carbonyl (C=O) groups excluding carboxylic acids is 1.